The van der Waals surface area contributed by atoms with Crippen LogP contribution in [-0.4, -0.2) is 26.9 Å². The largest absolute Gasteiger partial charge is 0.382 e. The Morgan fingerprint density at radius 3 is 3.00 bits per heavy atom. The molecule has 0 bridgehead atoms. The number of nitrogens with one attached hydrogen (secondary N) is 2. The Balaban J connectivity index is 1.93. The molecule has 3 heterocycles. The molecule has 1 atom stereocenters. The van der Waals surface area contributed by atoms with E-state index in [9.17, 15) is 9.59 Å². The van der Waals surface area contributed by atoms with Crippen molar-refractivity contribution in [2.75, 3.05) is 0 Å². The fourth-order valence-electron chi connectivity index (χ4n) is 2.67. The zero-order chi connectivity index (χ0) is 13.7. The van der Waals surface area contributed by atoms with Crippen LogP contribution in [0.3, 0.4) is 0 Å². The van der Waals surface area contributed by atoms with Crippen LogP contribution < -0.4 is 5.32 Å². The topological polar surface area (TPSA) is 101 Å². The van der Waals surface area contributed by atoms with Crippen molar-refractivity contribution in [3.8, 4) is 0 Å². The van der Waals surface area contributed by atoms with Crippen LogP contribution in [0.25, 0.3) is 22.0 Å². The lowest BCUT2D eigenvalue weighted by atomic mass is 9.92. The van der Waals surface area contributed by atoms with Crippen molar-refractivity contribution in [2.24, 2.45) is 0 Å². The minimum Gasteiger partial charge on any atom is -0.382 e. The highest BCUT2D eigenvalue weighted by atomic mass is 16.5. The van der Waals surface area contributed by atoms with Crippen LogP contribution in [0.5, 0.6) is 0 Å². The Morgan fingerprint density at radius 2 is 2.15 bits per heavy atom. The maximum atomic E-state index is 12.0. The van der Waals surface area contributed by atoms with Crippen molar-refractivity contribution < 1.29 is 14.1 Å². The number of benzene rings is 1. The van der Waals surface area contributed by atoms with E-state index in [1.165, 1.54) is 6.33 Å². The molecular weight excluding hydrogens is 260 g/mol. The zero-order valence-corrected chi connectivity index (χ0v) is 10.3. The number of imidazole rings is 1. The van der Waals surface area contributed by atoms with Gasteiger partial charge in [0.15, 0.2) is 5.58 Å². The Labute approximate surface area is 112 Å². The summed E-state index contributed by atoms with van der Waals surface area (Å²) in [6.45, 7) is 0. The molecule has 20 heavy (non-hydrogen) atoms. The van der Waals surface area contributed by atoms with Gasteiger partial charge in [-0.2, -0.15) is 0 Å². The van der Waals surface area contributed by atoms with E-state index in [0.29, 0.717) is 29.6 Å². The molecule has 2 aromatic heterocycles. The fourth-order valence-corrected chi connectivity index (χ4v) is 2.67. The van der Waals surface area contributed by atoms with E-state index >= 15 is 0 Å². The maximum absolute atomic E-state index is 12.0. The number of hydrogen-bond donors (Lipinski definition) is 2. The number of H-pyrrole nitrogens is 1. The molecule has 100 valence electrons. The molecule has 7 nitrogen and oxygen atoms in total. The van der Waals surface area contributed by atoms with Gasteiger partial charge in [-0.3, -0.25) is 14.9 Å². The van der Waals surface area contributed by atoms with Crippen LogP contribution in [0.2, 0.25) is 0 Å². The van der Waals surface area contributed by atoms with Gasteiger partial charge in [0, 0.05) is 6.42 Å². The minimum absolute atomic E-state index is 0.239. The van der Waals surface area contributed by atoms with E-state index in [1.54, 1.807) is 6.07 Å². The first-order chi connectivity index (χ1) is 9.74. The lowest BCUT2D eigenvalue weighted by molar-refractivity contribution is -0.134. The smallest absolute Gasteiger partial charge is 0.235 e. The molecule has 2 N–H and O–H groups in total. The summed E-state index contributed by atoms with van der Waals surface area (Å²) in [6.07, 6.45) is 2.26. The van der Waals surface area contributed by atoms with Gasteiger partial charge in [-0.25, -0.2) is 15.1 Å². The molecule has 1 aromatic carbocycles. The SMILES string of the molecule is O=C1CCC(c2[nH]oc3ccc4ncnc4c23)C(=O)N1. The highest BCUT2D eigenvalue weighted by Gasteiger charge is 2.31. The average Bonchev–Trinajstić information content (AvgIpc) is 3.03. The number of fused-ring (bicyclic) bond motifs is 3. The third-order valence-corrected chi connectivity index (χ3v) is 3.63. The van der Waals surface area contributed by atoms with Crippen LogP contribution in [0.1, 0.15) is 24.5 Å². The van der Waals surface area contributed by atoms with Crippen molar-refractivity contribution in [3.63, 3.8) is 0 Å². The monoisotopic (exact) mass is 270 g/mol. The molecule has 0 saturated carbocycles. The number of aromatic nitrogens is 3. The van der Waals surface area contributed by atoms with Crippen LogP contribution in [-0.2, 0) is 9.59 Å². The second kappa shape index (κ2) is 3.89. The molecule has 7 heteroatoms. The number of rotatable bonds is 1. The fraction of sp³-hybridized carbons (Fsp3) is 0.231. The van der Waals surface area contributed by atoms with E-state index in [-0.39, 0.29) is 11.8 Å². The van der Waals surface area contributed by atoms with Gasteiger partial charge >= 0.3 is 0 Å². The van der Waals surface area contributed by atoms with Gasteiger partial charge in [-0.15, -0.1) is 0 Å². The lowest BCUT2D eigenvalue weighted by Crippen LogP contribution is -2.39. The maximum Gasteiger partial charge on any atom is 0.235 e. The number of carbonyl (C=O) groups is 2. The Kier molecular flexibility index (Phi) is 2.17. The number of nitrogens with zero attached hydrogens (tertiary/aromatic N) is 2. The number of amides is 2. The number of aromatic amines is 1. The van der Waals surface area contributed by atoms with Gasteiger partial charge < -0.3 is 4.52 Å². The molecule has 1 fully saturated rings. The van der Waals surface area contributed by atoms with E-state index in [1.807, 2.05) is 6.07 Å². The van der Waals surface area contributed by atoms with Gasteiger partial charge in [-0.05, 0) is 18.6 Å². The van der Waals surface area contributed by atoms with Crippen molar-refractivity contribution >= 4 is 33.8 Å². The summed E-state index contributed by atoms with van der Waals surface area (Å²) in [7, 11) is 0. The molecule has 1 saturated heterocycles. The first-order valence-electron chi connectivity index (χ1n) is 6.28. The van der Waals surface area contributed by atoms with Gasteiger partial charge in [0.2, 0.25) is 11.8 Å². The summed E-state index contributed by atoms with van der Waals surface area (Å²) < 4.78 is 5.40. The highest BCUT2D eigenvalue weighted by molar-refractivity contribution is 6.07. The number of piperidine rings is 1. The Bertz CT molecular complexity index is 848. The van der Waals surface area contributed by atoms with Crippen molar-refractivity contribution in [1.82, 2.24) is 20.4 Å². The summed E-state index contributed by atoms with van der Waals surface area (Å²) in [5.41, 5.74) is 2.72. The molecule has 0 aliphatic carbocycles. The predicted octanol–water partition coefficient (Wildman–Crippen LogP) is 1.22. The van der Waals surface area contributed by atoms with E-state index in [4.69, 9.17) is 4.52 Å². The standard InChI is InChI=1S/C13H10N4O3/c18-9-4-1-6(13(19)16-9)11-10-8(20-17-11)3-2-7-12(10)15-5-14-7/h2-3,5-6,17H,1,4H2,(H,16,18,19). The van der Waals surface area contributed by atoms with Gasteiger partial charge in [0.1, 0.15) is 11.8 Å². The quantitative estimate of drug-likeness (QED) is 0.647. The first kappa shape index (κ1) is 11.2. The van der Waals surface area contributed by atoms with Crippen molar-refractivity contribution in [1.29, 1.82) is 0 Å². The molecule has 0 spiro atoms. The molecule has 1 unspecified atom stereocenters. The van der Waals surface area contributed by atoms with Crippen LogP contribution in [0.15, 0.2) is 23.0 Å². The molecule has 0 radical (unpaired) electrons. The number of imide groups is 1. The molecule has 1 aliphatic rings. The minimum atomic E-state index is -0.434. The molecule has 1 aliphatic heterocycles. The second-order valence-corrected chi connectivity index (χ2v) is 4.80. The van der Waals surface area contributed by atoms with Crippen molar-refractivity contribution in [2.45, 2.75) is 18.8 Å². The second-order valence-electron chi connectivity index (χ2n) is 4.80. The van der Waals surface area contributed by atoms with E-state index in [0.717, 1.165) is 10.9 Å². The summed E-state index contributed by atoms with van der Waals surface area (Å²) in [6, 6.07) is 3.61. The highest BCUT2D eigenvalue weighted by Crippen LogP contribution is 2.33. The summed E-state index contributed by atoms with van der Waals surface area (Å²) >= 11 is 0. The van der Waals surface area contributed by atoms with Gasteiger partial charge in [-0.1, -0.05) is 0 Å². The zero-order valence-electron chi connectivity index (χ0n) is 10.3. The van der Waals surface area contributed by atoms with Gasteiger partial charge in [0.25, 0.3) is 0 Å². The summed E-state index contributed by atoms with van der Waals surface area (Å²) in [5.74, 6) is -0.981. The molecule has 3 aromatic rings. The van der Waals surface area contributed by atoms with E-state index in [2.05, 4.69) is 20.4 Å². The summed E-state index contributed by atoms with van der Waals surface area (Å²) in [5, 5.41) is 5.90. The van der Waals surface area contributed by atoms with Crippen molar-refractivity contribution in [3.05, 3.63) is 24.2 Å². The summed E-state index contributed by atoms with van der Waals surface area (Å²) in [4.78, 5) is 31.6. The predicted molar refractivity (Wildman–Crippen MR) is 68.8 cm³/mol. The lowest BCUT2D eigenvalue weighted by Gasteiger charge is -2.19. The van der Waals surface area contributed by atoms with Gasteiger partial charge in [0.05, 0.1) is 22.5 Å². The van der Waals surface area contributed by atoms with E-state index < -0.39 is 5.92 Å². The average molecular weight is 270 g/mol. The molecule has 2 amide bonds. The third-order valence-electron chi connectivity index (χ3n) is 3.63. The normalized spacial score (nSPS) is 19.7. The Hall–Kier alpha value is -2.70. The molecular formula is C13H10N4O3. The van der Waals surface area contributed by atoms with Crippen LogP contribution in [0, 0.1) is 0 Å². The Morgan fingerprint density at radius 1 is 1.25 bits per heavy atom. The first-order valence-corrected chi connectivity index (χ1v) is 6.28. The number of hydrogen-bond acceptors (Lipinski definition) is 5. The molecule has 4 rings (SSSR count). The third kappa shape index (κ3) is 1.46. The van der Waals surface area contributed by atoms with Crippen LogP contribution in [0.4, 0.5) is 0 Å². The van der Waals surface area contributed by atoms with Crippen LogP contribution >= 0.6 is 0 Å². The number of carbonyl (C=O) groups excluding carboxylic acids is 2.